The van der Waals surface area contributed by atoms with Gasteiger partial charge < -0.3 is 10.4 Å². The van der Waals surface area contributed by atoms with Gasteiger partial charge in [-0.25, -0.2) is 0 Å². The zero-order valence-electron chi connectivity index (χ0n) is 11.4. The minimum atomic E-state index is -0.309. The fourth-order valence-corrected chi connectivity index (χ4v) is 1.80. The van der Waals surface area contributed by atoms with Crippen molar-refractivity contribution in [3.05, 3.63) is 42.1 Å². The van der Waals surface area contributed by atoms with E-state index in [0.29, 0.717) is 13.1 Å². The van der Waals surface area contributed by atoms with Gasteiger partial charge >= 0.3 is 0 Å². The summed E-state index contributed by atoms with van der Waals surface area (Å²) in [5.74, 6) is 0.272. The zero-order chi connectivity index (χ0) is 13.7. The van der Waals surface area contributed by atoms with Crippen LogP contribution < -0.4 is 5.32 Å². The van der Waals surface area contributed by atoms with Gasteiger partial charge in [-0.05, 0) is 12.0 Å². The Bertz CT molecular complexity index is 493. The van der Waals surface area contributed by atoms with Crippen LogP contribution in [0, 0.1) is 5.92 Å². The summed E-state index contributed by atoms with van der Waals surface area (Å²) >= 11 is 0. The number of H-pyrrole nitrogens is 1. The van der Waals surface area contributed by atoms with Crippen molar-refractivity contribution in [3.8, 4) is 11.3 Å². The minimum Gasteiger partial charge on any atom is -0.392 e. The third-order valence-electron chi connectivity index (χ3n) is 3.14. The molecule has 2 aromatic rings. The second-order valence-corrected chi connectivity index (χ2v) is 5.09. The molecule has 0 aliphatic carbocycles. The second-order valence-electron chi connectivity index (χ2n) is 5.09. The summed E-state index contributed by atoms with van der Waals surface area (Å²) in [5, 5.41) is 20.2. The zero-order valence-corrected chi connectivity index (χ0v) is 11.4. The van der Waals surface area contributed by atoms with Crippen LogP contribution in [0.15, 0.2) is 36.4 Å². The fourth-order valence-electron chi connectivity index (χ4n) is 1.80. The van der Waals surface area contributed by atoms with E-state index in [-0.39, 0.29) is 12.0 Å². The Morgan fingerprint density at radius 1 is 1.26 bits per heavy atom. The van der Waals surface area contributed by atoms with Crippen LogP contribution in [0.3, 0.4) is 0 Å². The van der Waals surface area contributed by atoms with E-state index in [2.05, 4.69) is 15.5 Å². The van der Waals surface area contributed by atoms with Crippen molar-refractivity contribution in [3.63, 3.8) is 0 Å². The first-order chi connectivity index (χ1) is 9.16. The molecule has 0 amide bonds. The SMILES string of the molecule is CC(C)C(O)CNCc1cc(-c2ccccc2)n[nH]1. The molecule has 1 unspecified atom stereocenters. The molecule has 0 bridgehead atoms. The predicted molar refractivity (Wildman–Crippen MR) is 76.6 cm³/mol. The molecule has 0 radical (unpaired) electrons. The summed E-state index contributed by atoms with van der Waals surface area (Å²) in [6, 6.07) is 12.1. The van der Waals surface area contributed by atoms with Gasteiger partial charge in [-0.15, -0.1) is 0 Å². The molecular formula is C15H21N3O. The molecule has 3 N–H and O–H groups in total. The lowest BCUT2D eigenvalue weighted by molar-refractivity contribution is 0.123. The molecule has 4 nitrogen and oxygen atoms in total. The summed E-state index contributed by atoms with van der Waals surface area (Å²) in [6.45, 7) is 5.30. The van der Waals surface area contributed by atoms with Gasteiger partial charge in [0.25, 0.3) is 0 Å². The molecule has 102 valence electrons. The van der Waals surface area contributed by atoms with Crippen molar-refractivity contribution in [2.45, 2.75) is 26.5 Å². The maximum atomic E-state index is 9.70. The van der Waals surface area contributed by atoms with Crippen LogP contribution in [0.2, 0.25) is 0 Å². The standard InChI is InChI=1S/C15H21N3O/c1-11(2)15(19)10-16-9-13-8-14(18-17-13)12-6-4-3-5-7-12/h3-8,11,15-16,19H,9-10H2,1-2H3,(H,17,18). The number of aliphatic hydroxyl groups is 1. The topological polar surface area (TPSA) is 60.9 Å². The van der Waals surface area contributed by atoms with E-state index in [0.717, 1.165) is 17.0 Å². The predicted octanol–water partition coefficient (Wildman–Crippen LogP) is 2.18. The number of hydrogen-bond acceptors (Lipinski definition) is 3. The maximum Gasteiger partial charge on any atom is 0.0924 e. The monoisotopic (exact) mass is 259 g/mol. The highest BCUT2D eigenvalue weighted by Gasteiger charge is 2.08. The molecule has 1 aromatic carbocycles. The van der Waals surface area contributed by atoms with Crippen LogP contribution in [-0.2, 0) is 6.54 Å². The number of aromatic amines is 1. The Kier molecular flexibility index (Phi) is 4.71. The number of benzene rings is 1. The lowest BCUT2D eigenvalue weighted by atomic mass is 10.1. The lowest BCUT2D eigenvalue weighted by Gasteiger charge is -2.14. The Balaban J connectivity index is 1.88. The molecule has 2 rings (SSSR count). The molecule has 1 atom stereocenters. The Labute approximate surface area is 113 Å². The summed E-state index contributed by atoms with van der Waals surface area (Å²) in [4.78, 5) is 0. The Morgan fingerprint density at radius 3 is 2.68 bits per heavy atom. The van der Waals surface area contributed by atoms with E-state index in [1.165, 1.54) is 0 Å². The summed E-state index contributed by atoms with van der Waals surface area (Å²) in [7, 11) is 0. The molecule has 0 saturated heterocycles. The van der Waals surface area contributed by atoms with Gasteiger partial charge in [-0.1, -0.05) is 44.2 Å². The van der Waals surface area contributed by atoms with Crippen molar-refractivity contribution in [1.82, 2.24) is 15.5 Å². The van der Waals surface area contributed by atoms with Gasteiger partial charge in [-0.2, -0.15) is 5.10 Å². The van der Waals surface area contributed by atoms with E-state index >= 15 is 0 Å². The average Bonchev–Trinajstić information content (AvgIpc) is 2.88. The van der Waals surface area contributed by atoms with E-state index in [4.69, 9.17) is 0 Å². The molecule has 1 aromatic heterocycles. The third kappa shape index (κ3) is 3.91. The van der Waals surface area contributed by atoms with Gasteiger partial charge in [0.2, 0.25) is 0 Å². The van der Waals surface area contributed by atoms with Crippen molar-refractivity contribution in [1.29, 1.82) is 0 Å². The van der Waals surface area contributed by atoms with Gasteiger partial charge in [-0.3, -0.25) is 5.10 Å². The summed E-state index contributed by atoms with van der Waals surface area (Å²) < 4.78 is 0. The van der Waals surface area contributed by atoms with Gasteiger partial charge in [0.05, 0.1) is 11.8 Å². The molecule has 4 heteroatoms. The first kappa shape index (κ1) is 13.8. The molecule has 0 saturated carbocycles. The fraction of sp³-hybridized carbons (Fsp3) is 0.400. The molecule has 19 heavy (non-hydrogen) atoms. The minimum absolute atomic E-state index is 0.272. The smallest absolute Gasteiger partial charge is 0.0924 e. The third-order valence-corrected chi connectivity index (χ3v) is 3.14. The number of aromatic nitrogens is 2. The largest absolute Gasteiger partial charge is 0.392 e. The average molecular weight is 259 g/mol. The molecule has 0 aliphatic heterocycles. The number of nitrogens with zero attached hydrogens (tertiary/aromatic N) is 1. The van der Waals surface area contributed by atoms with Crippen LogP contribution >= 0.6 is 0 Å². The van der Waals surface area contributed by atoms with E-state index in [1.54, 1.807) is 0 Å². The second kappa shape index (κ2) is 6.50. The van der Waals surface area contributed by atoms with Crippen molar-refractivity contribution in [2.75, 3.05) is 6.54 Å². The van der Waals surface area contributed by atoms with E-state index < -0.39 is 0 Å². The normalized spacial score (nSPS) is 12.8. The molecular weight excluding hydrogens is 238 g/mol. The first-order valence-corrected chi connectivity index (χ1v) is 6.65. The van der Waals surface area contributed by atoms with Crippen LogP contribution in [0.25, 0.3) is 11.3 Å². The van der Waals surface area contributed by atoms with Crippen molar-refractivity contribution >= 4 is 0 Å². The number of aliphatic hydroxyl groups excluding tert-OH is 1. The Morgan fingerprint density at radius 2 is 2.00 bits per heavy atom. The summed E-state index contributed by atoms with van der Waals surface area (Å²) in [6.07, 6.45) is -0.309. The van der Waals surface area contributed by atoms with Crippen LogP contribution in [0.5, 0.6) is 0 Å². The van der Waals surface area contributed by atoms with E-state index in [9.17, 15) is 5.11 Å². The molecule has 0 aliphatic rings. The molecule has 0 fully saturated rings. The highest BCUT2D eigenvalue weighted by Crippen LogP contribution is 2.16. The number of nitrogens with one attached hydrogen (secondary N) is 2. The lowest BCUT2D eigenvalue weighted by Crippen LogP contribution is -2.30. The maximum absolute atomic E-state index is 9.70. The Hall–Kier alpha value is -1.65. The highest BCUT2D eigenvalue weighted by molar-refractivity contribution is 5.58. The van der Waals surface area contributed by atoms with Gasteiger partial charge in [0.1, 0.15) is 0 Å². The van der Waals surface area contributed by atoms with Crippen molar-refractivity contribution < 1.29 is 5.11 Å². The van der Waals surface area contributed by atoms with E-state index in [1.807, 2.05) is 50.2 Å². The number of rotatable bonds is 6. The summed E-state index contributed by atoms with van der Waals surface area (Å²) in [5.41, 5.74) is 3.07. The number of hydrogen-bond donors (Lipinski definition) is 3. The quantitative estimate of drug-likeness (QED) is 0.745. The van der Waals surface area contributed by atoms with Crippen LogP contribution in [-0.4, -0.2) is 28.0 Å². The van der Waals surface area contributed by atoms with Gasteiger partial charge in [0, 0.05) is 24.3 Å². The first-order valence-electron chi connectivity index (χ1n) is 6.65. The van der Waals surface area contributed by atoms with Crippen LogP contribution in [0.1, 0.15) is 19.5 Å². The van der Waals surface area contributed by atoms with Crippen LogP contribution in [0.4, 0.5) is 0 Å². The highest BCUT2D eigenvalue weighted by atomic mass is 16.3. The molecule has 1 heterocycles. The van der Waals surface area contributed by atoms with Crippen molar-refractivity contribution in [2.24, 2.45) is 5.92 Å². The molecule has 0 spiro atoms. The van der Waals surface area contributed by atoms with Gasteiger partial charge in [0.15, 0.2) is 0 Å².